The largest absolute Gasteiger partial charge is 0.346 e. The van der Waals surface area contributed by atoms with E-state index in [0.29, 0.717) is 29.3 Å². The molecule has 0 unspecified atom stereocenters. The van der Waals surface area contributed by atoms with E-state index in [0.717, 1.165) is 0 Å². The molecule has 5 nitrogen and oxygen atoms in total. The fourth-order valence-corrected chi connectivity index (χ4v) is 1.62. The molecule has 18 heavy (non-hydrogen) atoms. The van der Waals surface area contributed by atoms with Gasteiger partial charge in [-0.3, -0.25) is 10.1 Å². The summed E-state index contributed by atoms with van der Waals surface area (Å²) in [7, 11) is 1.79. The summed E-state index contributed by atoms with van der Waals surface area (Å²) < 4.78 is 0. The van der Waals surface area contributed by atoms with E-state index in [4.69, 9.17) is 6.42 Å². The van der Waals surface area contributed by atoms with Gasteiger partial charge < -0.3 is 4.90 Å². The molecule has 0 amide bonds. The van der Waals surface area contributed by atoms with Crippen molar-refractivity contribution in [2.75, 3.05) is 18.5 Å². The van der Waals surface area contributed by atoms with Crippen molar-refractivity contribution in [2.45, 2.75) is 0 Å². The van der Waals surface area contributed by atoms with Crippen molar-refractivity contribution in [1.29, 1.82) is 5.26 Å². The van der Waals surface area contributed by atoms with Gasteiger partial charge in [-0.15, -0.1) is 6.42 Å². The number of H-pyrrole nitrogens is 1. The highest BCUT2D eigenvalue weighted by Crippen LogP contribution is 2.25. The Morgan fingerprint density at radius 2 is 2.33 bits per heavy atom. The Morgan fingerprint density at radius 3 is 2.94 bits per heavy atom. The van der Waals surface area contributed by atoms with Crippen LogP contribution in [-0.2, 0) is 0 Å². The van der Waals surface area contributed by atoms with E-state index in [-0.39, 0.29) is 0 Å². The number of anilines is 1. The molecule has 0 saturated carbocycles. The normalized spacial score (nSPS) is 9.50. The van der Waals surface area contributed by atoms with Gasteiger partial charge in [-0.1, -0.05) is 12.0 Å². The van der Waals surface area contributed by atoms with Gasteiger partial charge in [0, 0.05) is 13.2 Å². The SMILES string of the molecule is C#CCN(C)c1n[nH]c(-c2ccccn2)c1C#N. The number of terminal acetylenes is 1. The first-order valence-corrected chi connectivity index (χ1v) is 5.32. The summed E-state index contributed by atoms with van der Waals surface area (Å²) in [6.07, 6.45) is 6.92. The van der Waals surface area contributed by atoms with Crippen LogP contribution in [0.1, 0.15) is 5.56 Å². The van der Waals surface area contributed by atoms with E-state index < -0.39 is 0 Å². The molecule has 0 saturated heterocycles. The Labute approximate surface area is 105 Å². The second-order valence-corrected chi connectivity index (χ2v) is 3.68. The molecule has 0 fully saturated rings. The van der Waals surface area contributed by atoms with E-state index in [1.54, 1.807) is 18.1 Å². The van der Waals surface area contributed by atoms with Crippen LogP contribution in [0.4, 0.5) is 5.82 Å². The molecule has 0 bridgehead atoms. The van der Waals surface area contributed by atoms with E-state index in [1.165, 1.54) is 0 Å². The second-order valence-electron chi connectivity index (χ2n) is 3.68. The van der Waals surface area contributed by atoms with Crippen LogP contribution >= 0.6 is 0 Å². The summed E-state index contributed by atoms with van der Waals surface area (Å²) in [4.78, 5) is 5.93. The molecule has 2 aromatic rings. The lowest BCUT2D eigenvalue weighted by atomic mass is 10.2. The number of hydrogen-bond acceptors (Lipinski definition) is 4. The van der Waals surface area contributed by atoms with Gasteiger partial charge in [-0.05, 0) is 12.1 Å². The van der Waals surface area contributed by atoms with E-state index in [9.17, 15) is 5.26 Å². The van der Waals surface area contributed by atoms with Crippen molar-refractivity contribution in [3.05, 3.63) is 30.0 Å². The van der Waals surface area contributed by atoms with E-state index >= 15 is 0 Å². The minimum absolute atomic E-state index is 0.390. The molecule has 0 radical (unpaired) electrons. The molecule has 0 aliphatic heterocycles. The molecule has 1 N–H and O–H groups in total. The molecular weight excluding hydrogens is 226 g/mol. The average Bonchev–Trinajstić information content (AvgIpc) is 2.83. The molecule has 88 valence electrons. The van der Waals surface area contributed by atoms with Gasteiger partial charge in [-0.25, -0.2) is 0 Å². The highest BCUT2D eigenvalue weighted by Gasteiger charge is 2.17. The van der Waals surface area contributed by atoms with Gasteiger partial charge in [0.25, 0.3) is 0 Å². The van der Waals surface area contributed by atoms with Gasteiger partial charge in [0.2, 0.25) is 0 Å². The fraction of sp³-hybridized carbons (Fsp3) is 0.154. The fourth-order valence-electron chi connectivity index (χ4n) is 1.62. The van der Waals surface area contributed by atoms with Crippen LogP contribution in [0.25, 0.3) is 11.4 Å². The lowest BCUT2D eigenvalue weighted by Gasteiger charge is -2.12. The highest BCUT2D eigenvalue weighted by atomic mass is 15.3. The zero-order chi connectivity index (χ0) is 13.0. The maximum atomic E-state index is 9.25. The smallest absolute Gasteiger partial charge is 0.169 e. The third kappa shape index (κ3) is 2.02. The molecular formula is C13H11N5. The monoisotopic (exact) mass is 237 g/mol. The first-order valence-electron chi connectivity index (χ1n) is 5.32. The van der Waals surface area contributed by atoms with Crippen molar-refractivity contribution >= 4 is 5.82 Å². The first kappa shape index (κ1) is 11.7. The molecule has 0 spiro atoms. The summed E-state index contributed by atoms with van der Waals surface area (Å²) in [6.45, 7) is 0.390. The molecule has 2 rings (SSSR count). The van der Waals surface area contributed by atoms with Gasteiger partial charge >= 0.3 is 0 Å². The Bertz CT molecular complexity index is 615. The maximum absolute atomic E-state index is 9.25. The lowest BCUT2D eigenvalue weighted by Crippen LogP contribution is -2.18. The predicted molar refractivity (Wildman–Crippen MR) is 68.6 cm³/mol. The van der Waals surface area contributed by atoms with Gasteiger partial charge in [0.15, 0.2) is 5.82 Å². The molecule has 0 aromatic carbocycles. The van der Waals surface area contributed by atoms with Crippen LogP contribution in [0.15, 0.2) is 24.4 Å². The first-order chi connectivity index (χ1) is 8.77. The molecule has 5 heteroatoms. The topological polar surface area (TPSA) is 68.6 Å². The van der Waals surface area contributed by atoms with Crippen molar-refractivity contribution < 1.29 is 0 Å². The minimum atomic E-state index is 0.390. The second kappa shape index (κ2) is 5.03. The van der Waals surface area contributed by atoms with Gasteiger partial charge in [0.05, 0.1) is 12.2 Å². The average molecular weight is 237 g/mol. The van der Waals surface area contributed by atoms with Crippen molar-refractivity contribution in [2.24, 2.45) is 0 Å². The number of rotatable bonds is 3. The number of aromatic amines is 1. The van der Waals surface area contributed by atoms with Crippen LogP contribution in [0.2, 0.25) is 0 Å². The van der Waals surface area contributed by atoms with Crippen LogP contribution in [0, 0.1) is 23.7 Å². The Balaban J connectivity index is 2.47. The third-order valence-electron chi connectivity index (χ3n) is 2.47. The molecule has 0 aliphatic rings. The minimum Gasteiger partial charge on any atom is -0.346 e. The maximum Gasteiger partial charge on any atom is 0.169 e. The quantitative estimate of drug-likeness (QED) is 0.819. The van der Waals surface area contributed by atoms with E-state index in [2.05, 4.69) is 27.2 Å². The lowest BCUT2D eigenvalue weighted by molar-refractivity contribution is 0.973. The predicted octanol–water partition coefficient (Wildman–Crippen LogP) is 1.41. The summed E-state index contributed by atoms with van der Waals surface area (Å²) in [5, 5.41) is 16.2. The van der Waals surface area contributed by atoms with Crippen molar-refractivity contribution in [3.63, 3.8) is 0 Å². The zero-order valence-electron chi connectivity index (χ0n) is 9.88. The molecule has 0 atom stereocenters. The molecule has 2 aromatic heterocycles. The third-order valence-corrected chi connectivity index (χ3v) is 2.47. The van der Waals surface area contributed by atoms with Gasteiger partial charge in [-0.2, -0.15) is 10.4 Å². The number of nitrogens with zero attached hydrogens (tertiary/aromatic N) is 4. The number of hydrogen-bond donors (Lipinski definition) is 1. The van der Waals surface area contributed by atoms with Crippen LogP contribution in [-0.4, -0.2) is 28.8 Å². The van der Waals surface area contributed by atoms with Crippen molar-refractivity contribution in [3.8, 4) is 29.8 Å². The van der Waals surface area contributed by atoms with Gasteiger partial charge in [0.1, 0.15) is 17.3 Å². The van der Waals surface area contributed by atoms with Crippen LogP contribution < -0.4 is 4.90 Å². The summed E-state index contributed by atoms with van der Waals surface area (Å²) in [6, 6.07) is 7.63. The highest BCUT2D eigenvalue weighted by molar-refractivity contribution is 5.71. The molecule has 0 aliphatic carbocycles. The zero-order valence-corrected chi connectivity index (χ0v) is 9.88. The summed E-state index contributed by atoms with van der Waals surface area (Å²) in [5.74, 6) is 3.05. The van der Waals surface area contributed by atoms with Crippen LogP contribution in [0.3, 0.4) is 0 Å². The summed E-state index contributed by atoms with van der Waals surface area (Å²) in [5.41, 5.74) is 1.74. The Hall–Kier alpha value is -2.79. The Morgan fingerprint density at radius 1 is 1.50 bits per heavy atom. The number of aromatic nitrogens is 3. The van der Waals surface area contributed by atoms with Crippen molar-refractivity contribution in [1.82, 2.24) is 15.2 Å². The Kier molecular flexibility index (Phi) is 3.26. The van der Waals surface area contributed by atoms with Crippen LogP contribution in [0.5, 0.6) is 0 Å². The molecule has 2 heterocycles. The number of pyridine rings is 1. The number of nitrogens with one attached hydrogen (secondary N) is 1. The summed E-state index contributed by atoms with van der Waals surface area (Å²) >= 11 is 0. The van der Waals surface area contributed by atoms with E-state index in [1.807, 2.05) is 18.2 Å². The number of nitriles is 1. The standard InChI is InChI=1S/C13H11N5/c1-3-8-18(2)13-10(9-14)12(16-17-13)11-6-4-5-7-15-11/h1,4-7H,8H2,2H3,(H,16,17).